The van der Waals surface area contributed by atoms with Crippen molar-refractivity contribution < 1.29 is 29.0 Å². The van der Waals surface area contributed by atoms with Crippen LogP contribution in [0.5, 0.6) is 0 Å². The van der Waals surface area contributed by atoms with E-state index in [0.717, 1.165) is 27.8 Å². The predicted octanol–water partition coefficient (Wildman–Crippen LogP) is 5.07. The van der Waals surface area contributed by atoms with Crippen LogP contribution in [0, 0.1) is 11.8 Å². The Hall–Kier alpha value is -4.17. The number of likely N-dealkylation sites (tertiary alicyclic amines) is 1. The Morgan fingerprint density at radius 3 is 2.17 bits per heavy atom. The fourth-order valence-corrected chi connectivity index (χ4v) is 5.95. The Bertz CT molecular complexity index is 1350. The number of benzene rings is 3. The van der Waals surface area contributed by atoms with E-state index in [2.05, 4.69) is 17.4 Å². The zero-order valence-electron chi connectivity index (χ0n) is 23.4. The molecule has 8 nitrogen and oxygen atoms in total. The van der Waals surface area contributed by atoms with Gasteiger partial charge in [-0.1, -0.05) is 85.8 Å². The van der Waals surface area contributed by atoms with Gasteiger partial charge in [-0.2, -0.15) is 0 Å². The minimum absolute atomic E-state index is 0.0180. The Kier molecular flexibility index (Phi) is 8.69. The molecule has 2 aliphatic rings. The second kappa shape index (κ2) is 12.6. The quantitative estimate of drug-likeness (QED) is 0.381. The van der Waals surface area contributed by atoms with E-state index in [1.165, 1.54) is 4.90 Å². The van der Waals surface area contributed by atoms with Crippen molar-refractivity contribution in [1.29, 1.82) is 0 Å². The number of ether oxygens (including phenoxy) is 2. The molecule has 0 spiro atoms. The van der Waals surface area contributed by atoms with Crippen molar-refractivity contribution in [1.82, 2.24) is 10.2 Å². The van der Waals surface area contributed by atoms with Crippen LogP contribution in [-0.2, 0) is 25.7 Å². The molecule has 1 heterocycles. The summed E-state index contributed by atoms with van der Waals surface area (Å²) in [5.41, 5.74) is 5.37. The first kappa shape index (κ1) is 28.4. The molecule has 1 saturated heterocycles. The number of carbonyl (C=O) groups excluding carboxylic acids is 2. The fourth-order valence-electron chi connectivity index (χ4n) is 5.95. The van der Waals surface area contributed by atoms with Crippen LogP contribution < -0.4 is 5.32 Å². The molecule has 0 bridgehead atoms. The number of hydrogen-bond acceptors (Lipinski definition) is 5. The molecule has 8 heteroatoms. The Balaban J connectivity index is 1.30. The van der Waals surface area contributed by atoms with Crippen LogP contribution in [0.25, 0.3) is 11.1 Å². The zero-order chi connectivity index (χ0) is 28.9. The van der Waals surface area contributed by atoms with Crippen LogP contribution in [-0.4, -0.2) is 59.8 Å². The first-order chi connectivity index (χ1) is 19.8. The molecule has 1 fully saturated rings. The van der Waals surface area contributed by atoms with Crippen LogP contribution in [0.15, 0.2) is 78.9 Å². The number of carboxylic acids is 1. The molecule has 1 aliphatic heterocycles. The molecular weight excluding hydrogens is 520 g/mol. The van der Waals surface area contributed by atoms with E-state index in [1.54, 1.807) is 6.92 Å². The van der Waals surface area contributed by atoms with Crippen molar-refractivity contribution in [3.8, 4) is 11.1 Å². The van der Waals surface area contributed by atoms with Crippen molar-refractivity contribution in [2.45, 2.75) is 44.9 Å². The molecule has 0 radical (unpaired) electrons. The average molecular weight is 557 g/mol. The molecule has 214 valence electrons. The van der Waals surface area contributed by atoms with Gasteiger partial charge < -0.3 is 24.8 Å². The molecule has 0 saturated carbocycles. The molecule has 0 aromatic heterocycles. The van der Waals surface area contributed by atoms with E-state index in [0.29, 0.717) is 13.0 Å². The lowest BCUT2D eigenvalue weighted by Gasteiger charge is -2.37. The number of rotatable bonds is 9. The van der Waals surface area contributed by atoms with Crippen molar-refractivity contribution in [3.63, 3.8) is 0 Å². The number of fused-ring (bicyclic) bond motifs is 3. The predicted molar refractivity (Wildman–Crippen MR) is 154 cm³/mol. The molecule has 3 aromatic carbocycles. The largest absolute Gasteiger partial charge is 0.481 e. The zero-order valence-corrected chi connectivity index (χ0v) is 23.4. The summed E-state index contributed by atoms with van der Waals surface area (Å²) in [5, 5.41) is 12.4. The van der Waals surface area contributed by atoms with Gasteiger partial charge in [0.25, 0.3) is 0 Å². The van der Waals surface area contributed by atoms with Crippen LogP contribution in [0.1, 0.15) is 42.9 Å². The number of hydrogen-bond donors (Lipinski definition) is 2. The van der Waals surface area contributed by atoms with E-state index >= 15 is 0 Å². The molecule has 4 atom stereocenters. The van der Waals surface area contributed by atoms with Crippen LogP contribution in [0.2, 0.25) is 0 Å². The molecule has 41 heavy (non-hydrogen) atoms. The highest BCUT2D eigenvalue weighted by molar-refractivity contribution is 5.87. The summed E-state index contributed by atoms with van der Waals surface area (Å²) >= 11 is 0. The molecule has 2 amide bonds. The number of carboxylic acid groups (broad SMARTS) is 1. The van der Waals surface area contributed by atoms with Gasteiger partial charge in [0.1, 0.15) is 12.6 Å². The standard InChI is InChI=1S/C33H36N2O6/c1-21-16-24(32(37)38)18-35(17-21)31(36)30(22(2)40-19-23-10-4-3-5-11-23)34-33(39)41-20-29-27-14-8-6-12-25(27)26-13-7-9-15-28(26)29/h3-15,21-22,24,29-30H,16-20H2,1-2H3,(H,34,39)(H,37,38)/t21?,22-,24?,30+/m0/s1. The summed E-state index contributed by atoms with van der Waals surface area (Å²) in [7, 11) is 0. The van der Waals surface area contributed by atoms with Crippen molar-refractivity contribution in [2.24, 2.45) is 11.8 Å². The highest BCUT2D eigenvalue weighted by Gasteiger charge is 2.38. The van der Waals surface area contributed by atoms with E-state index in [9.17, 15) is 19.5 Å². The van der Waals surface area contributed by atoms with E-state index < -0.39 is 30.1 Å². The minimum atomic E-state index is -1.05. The summed E-state index contributed by atoms with van der Waals surface area (Å²) in [6.07, 6.45) is -0.909. The van der Waals surface area contributed by atoms with Crippen LogP contribution in [0.4, 0.5) is 4.79 Å². The maximum atomic E-state index is 13.8. The van der Waals surface area contributed by atoms with Crippen molar-refractivity contribution >= 4 is 18.0 Å². The van der Waals surface area contributed by atoms with Gasteiger partial charge in [-0.15, -0.1) is 0 Å². The normalized spacial score (nSPS) is 19.5. The van der Waals surface area contributed by atoms with Crippen LogP contribution >= 0.6 is 0 Å². The molecule has 2 unspecified atom stereocenters. The molecule has 2 N–H and O–H groups in total. The van der Waals surface area contributed by atoms with Gasteiger partial charge in [0, 0.05) is 19.0 Å². The molecule has 5 rings (SSSR count). The highest BCUT2D eigenvalue weighted by Crippen LogP contribution is 2.44. The monoisotopic (exact) mass is 556 g/mol. The number of alkyl carbamates (subject to hydrolysis) is 1. The third-order valence-corrected chi connectivity index (χ3v) is 8.03. The molecule has 3 aromatic rings. The topological polar surface area (TPSA) is 105 Å². The third kappa shape index (κ3) is 6.43. The second-order valence-corrected chi connectivity index (χ2v) is 11.1. The maximum absolute atomic E-state index is 13.8. The van der Waals surface area contributed by atoms with Gasteiger partial charge in [0.05, 0.1) is 18.6 Å². The molecular formula is C33H36N2O6. The summed E-state index contributed by atoms with van der Waals surface area (Å²) in [5.74, 6) is -2.06. The second-order valence-electron chi connectivity index (χ2n) is 11.1. The number of nitrogens with one attached hydrogen (secondary N) is 1. The summed E-state index contributed by atoms with van der Waals surface area (Å²) in [6, 6.07) is 24.7. The maximum Gasteiger partial charge on any atom is 0.407 e. The minimum Gasteiger partial charge on any atom is -0.481 e. The van der Waals surface area contributed by atoms with E-state index in [-0.39, 0.29) is 37.5 Å². The SMILES string of the molecule is CC1CC(C(=O)O)CN(C(=O)[C@H](NC(=O)OCC2c3ccccc3-c3ccccc32)[C@H](C)OCc2ccccc2)C1. The number of nitrogens with zero attached hydrogens (tertiary/aromatic N) is 1. The number of carbonyl (C=O) groups is 3. The van der Waals surface area contributed by atoms with Crippen LogP contribution in [0.3, 0.4) is 0 Å². The van der Waals surface area contributed by atoms with Gasteiger partial charge in [-0.05, 0) is 47.1 Å². The van der Waals surface area contributed by atoms with Crippen molar-refractivity contribution in [3.05, 3.63) is 95.6 Å². The lowest BCUT2D eigenvalue weighted by atomic mass is 9.90. The Morgan fingerprint density at radius 2 is 1.54 bits per heavy atom. The van der Waals surface area contributed by atoms with Gasteiger partial charge in [-0.25, -0.2) is 4.79 Å². The highest BCUT2D eigenvalue weighted by atomic mass is 16.5. The third-order valence-electron chi connectivity index (χ3n) is 8.03. The lowest BCUT2D eigenvalue weighted by molar-refractivity contribution is -0.148. The Morgan fingerprint density at radius 1 is 0.927 bits per heavy atom. The smallest absolute Gasteiger partial charge is 0.407 e. The van der Waals surface area contributed by atoms with Gasteiger partial charge in [0.15, 0.2) is 0 Å². The average Bonchev–Trinajstić information content (AvgIpc) is 3.31. The summed E-state index contributed by atoms with van der Waals surface area (Å²) in [4.78, 5) is 40.2. The number of amides is 2. The van der Waals surface area contributed by atoms with E-state index in [4.69, 9.17) is 9.47 Å². The van der Waals surface area contributed by atoms with Gasteiger partial charge in [-0.3, -0.25) is 9.59 Å². The summed E-state index contributed by atoms with van der Waals surface area (Å²) in [6.45, 7) is 4.54. The van der Waals surface area contributed by atoms with E-state index in [1.807, 2.05) is 73.7 Å². The molecule has 1 aliphatic carbocycles. The Labute approximate surface area is 240 Å². The number of aliphatic carboxylic acids is 1. The van der Waals surface area contributed by atoms with Gasteiger partial charge in [0.2, 0.25) is 5.91 Å². The number of piperidine rings is 1. The summed E-state index contributed by atoms with van der Waals surface area (Å²) < 4.78 is 11.8. The first-order valence-corrected chi connectivity index (χ1v) is 14.1. The first-order valence-electron chi connectivity index (χ1n) is 14.1. The fraction of sp³-hybridized carbons (Fsp3) is 0.364. The van der Waals surface area contributed by atoms with Gasteiger partial charge >= 0.3 is 12.1 Å². The van der Waals surface area contributed by atoms with Crippen molar-refractivity contribution in [2.75, 3.05) is 19.7 Å². The lowest BCUT2D eigenvalue weighted by Crippen LogP contribution is -2.57.